The minimum atomic E-state index is -0.886. The Morgan fingerprint density at radius 3 is 2.32 bits per heavy atom. The fraction of sp³-hybridized carbons (Fsp3) is 0.200. The summed E-state index contributed by atoms with van der Waals surface area (Å²) in [5.41, 5.74) is 3.09. The summed E-state index contributed by atoms with van der Waals surface area (Å²) in [7, 11) is 1.52. The molecule has 2 aliphatic rings. The van der Waals surface area contributed by atoms with Crippen LogP contribution in [-0.2, 0) is 9.59 Å². The maximum Gasteiger partial charge on any atom is 0.254 e. The van der Waals surface area contributed by atoms with Gasteiger partial charge in [-0.2, -0.15) is 0 Å². The largest absolute Gasteiger partial charge is 0.496 e. The van der Waals surface area contributed by atoms with Crippen molar-refractivity contribution in [3.63, 3.8) is 0 Å². The molecule has 2 N–H and O–H groups in total. The first kappa shape index (κ1) is 24.4. The summed E-state index contributed by atoms with van der Waals surface area (Å²) >= 11 is 0. The van der Waals surface area contributed by atoms with E-state index in [2.05, 4.69) is 10.6 Å². The second-order valence-electron chi connectivity index (χ2n) is 9.22. The van der Waals surface area contributed by atoms with Gasteiger partial charge in [0.1, 0.15) is 23.1 Å². The van der Waals surface area contributed by atoms with Gasteiger partial charge in [0.25, 0.3) is 5.91 Å². The lowest BCUT2D eigenvalue weighted by Crippen LogP contribution is -2.37. The molecule has 0 unspecified atom stereocenters. The minimum absolute atomic E-state index is 0.00560. The molecule has 0 saturated heterocycles. The van der Waals surface area contributed by atoms with Crippen LogP contribution in [0.1, 0.15) is 42.7 Å². The van der Waals surface area contributed by atoms with Gasteiger partial charge in [0.05, 0.1) is 13.0 Å². The van der Waals surface area contributed by atoms with Crippen LogP contribution in [0, 0.1) is 11.6 Å². The van der Waals surface area contributed by atoms with Crippen molar-refractivity contribution >= 4 is 17.4 Å². The second-order valence-corrected chi connectivity index (χ2v) is 9.22. The highest BCUT2D eigenvalue weighted by atomic mass is 19.1. The lowest BCUT2D eigenvalue weighted by Gasteiger charge is -2.37. The Morgan fingerprint density at radius 1 is 0.946 bits per heavy atom. The van der Waals surface area contributed by atoms with Crippen molar-refractivity contribution in [2.75, 3.05) is 12.4 Å². The quantitative estimate of drug-likeness (QED) is 0.453. The molecule has 3 aromatic carbocycles. The first-order valence-electron chi connectivity index (χ1n) is 12.1. The molecule has 1 aliphatic heterocycles. The van der Waals surface area contributed by atoms with Crippen molar-refractivity contribution in [3.8, 4) is 5.75 Å². The number of nitrogens with one attached hydrogen (secondary N) is 2. The number of ether oxygens (including phenoxy) is 1. The number of ketones is 1. The van der Waals surface area contributed by atoms with Crippen molar-refractivity contribution < 1.29 is 23.1 Å². The number of hydrogen-bond acceptors (Lipinski definition) is 4. The predicted molar refractivity (Wildman–Crippen MR) is 137 cm³/mol. The van der Waals surface area contributed by atoms with Crippen LogP contribution in [0.3, 0.4) is 0 Å². The summed E-state index contributed by atoms with van der Waals surface area (Å²) < 4.78 is 34.4. The number of hydrogen-bond donors (Lipinski definition) is 2. The summed E-state index contributed by atoms with van der Waals surface area (Å²) in [6, 6.07) is 20.4. The third kappa shape index (κ3) is 4.53. The summed E-state index contributed by atoms with van der Waals surface area (Å²) in [5.74, 6) is -2.83. The normalized spacial score (nSPS) is 19.3. The van der Waals surface area contributed by atoms with E-state index in [-0.39, 0.29) is 23.7 Å². The number of dihydropyridines is 1. The van der Waals surface area contributed by atoms with E-state index in [1.54, 1.807) is 25.1 Å². The molecule has 0 bridgehead atoms. The summed E-state index contributed by atoms with van der Waals surface area (Å²) in [6.45, 7) is 1.73. The maximum absolute atomic E-state index is 14.4. The summed E-state index contributed by atoms with van der Waals surface area (Å²) in [4.78, 5) is 27.3. The number of allylic oxidation sites excluding steroid dienone is 3. The summed E-state index contributed by atoms with van der Waals surface area (Å²) in [6.07, 6.45) is 0.872. The van der Waals surface area contributed by atoms with E-state index < -0.39 is 29.1 Å². The van der Waals surface area contributed by atoms with Gasteiger partial charge < -0.3 is 15.4 Å². The number of carbonyl (C=O) groups is 2. The molecule has 0 aromatic heterocycles. The highest BCUT2D eigenvalue weighted by Gasteiger charge is 2.42. The van der Waals surface area contributed by atoms with Gasteiger partial charge in [-0.25, -0.2) is 8.78 Å². The van der Waals surface area contributed by atoms with Crippen LogP contribution in [0.5, 0.6) is 5.75 Å². The number of amides is 1. The monoisotopic (exact) mass is 500 g/mol. The zero-order valence-electron chi connectivity index (χ0n) is 20.5. The van der Waals surface area contributed by atoms with Crippen molar-refractivity contribution in [2.45, 2.75) is 31.6 Å². The van der Waals surface area contributed by atoms with Crippen LogP contribution in [0.15, 0.2) is 95.3 Å². The Bertz CT molecular complexity index is 1430. The average molecular weight is 501 g/mol. The first-order valence-corrected chi connectivity index (χ1v) is 12.1. The van der Waals surface area contributed by atoms with Crippen LogP contribution in [0.2, 0.25) is 0 Å². The molecule has 0 saturated carbocycles. The molecular weight excluding hydrogens is 474 g/mol. The smallest absolute Gasteiger partial charge is 0.254 e. The molecule has 0 fully saturated rings. The molecule has 5 rings (SSSR count). The van der Waals surface area contributed by atoms with E-state index in [1.807, 2.05) is 36.4 Å². The SMILES string of the molecule is COc1ccccc1[C@@H]1C(C(=O)Nc2c(F)cccc2F)=C(C)NC2=C1C(=O)C[C@@H](c1ccccc1)C2. The lowest BCUT2D eigenvalue weighted by atomic mass is 9.71. The predicted octanol–water partition coefficient (Wildman–Crippen LogP) is 5.97. The molecule has 37 heavy (non-hydrogen) atoms. The molecule has 188 valence electrons. The Labute approximate surface area is 213 Å². The van der Waals surface area contributed by atoms with Crippen molar-refractivity contribution in [3.05, 3.63) is 118 Å². The molecule has 0 spiro atoms. The van der Waals surface area contributed by atoms with E-state index >= 15 is 0 Å². The molecule has 2 atom stereocenters. The maximum atomic E-state index is 14.4. The van der Waals surface area contributed by atoms with E-state index in [9.17, 15) is 18.4 Å². The van der Waals surface area contributed by atoms with Gasteiger partial charge in [-0.1, -0.05) is 54.6 Å². The van der Waals surface area contributed by atoms with Gasteiger partial charge in [0.15, 0.2) is 5.78 Å². The van der Waals surface area contributed by atoms with Gasteiger partial charge in [-0.3, -0.25) is 9.59 Å². The van der Waals surface area contributed by atoms with Crippen LogP contribution >= 0.6 is 0 Å². The van der Waals surface area contributed by atoms with Gasteiger partial charge in [-0.15, -0.1) is 0 Å². The van der Waals surface area contributed by atoms with Gasteiger partial charge in [0.2, 0.25) is 0 Å². The molecule has 3 aromatic rings. The Kier molecular flexibility index (Phi) is 6.61. The minimum Gasteiger partial charge on any atom is -0.496 e. The zero-order chi connectivity index (χ0) is 26.1. The van der Waals surface area contributed by atoms with Crippen LogP contribution in [-0.4, -0.2) is 18.8 Å². The highest BCUT2D eigenvalue weighted by molar-refractivity contribution is 6.10. The lowest BCUT2D eigenvalue weighted by molar-refractivity contribution is -0.116. The number of methoxy groups -OCH3 is 1. The zero-order valence-corrected chi connectivity index (χ0v) is 20.5. The number of benzene rings is 3. The number of para-hydroxylation sites is 2. The van der Waals surface area contributed by atoms with Gasteiger partial charge >= 0.3 is 0 Å². The Morgan fingerprint density at radius 2 is 1.62 bits per heavy atom. The molecule has 1 aliphatic carbocycles. The average Bonchev–Trinajstić information content (AvgIpc) is 2.90. The van der Waals surface area contributed by atoms with E-state index in [0.29, 0.717) is 29.0 Å². The number of rotatable bonds is 5. The molecular formula is C30H26F2N2O3. The van der Waals surface area contributed by atoms with E-state index in [4.69, 9.17) is 4.74 Å². The molecule has 1 amide bonds. The standard InChI is InChI=1S/C30H26F2N2O3/c1-17-26(30(36)34-29-21(31)12-8-13-22(29)32)27(20-11-6-7-14-25(20)37-2)28-23(33-17)15-19(16-24(28)35)18-9-4-3-5-10-18/h3-14,19,27,33H,15-16H2,1-2H3,(H,34,36)/t19-,27+/m0/s1. The molecule has 0 radical (unpaired) electrons. The van der Waals surface area contributed by atoms with Gasteiger partial charge in [-0.05, 0) is 43.0 Å². The number of Topliss-reactive ketones (excluding diaryl/α,β-unsaturated/α-hetero) is 1. The number of anilines is 1. The number of carbonyl (C=O) groups excluding carboxylic acids is 2. The Balaban J connectivity index is 1.61. The van der Waals surface area contributed by atoms with E-state index in [1.165, 1.54) is 13.2 Å². The fourth-order valence-corrected chi connectivity index (χ4v) is 5.31. The van der Waals surface area contributed by atoms with Gasteiger partial charge in [0, 0.05) is 34.5 Å². The van der Waals surface area contributed by atoms with Crippen molar-refractivity contribution in [1.82, 2.24) is 5.32 Å². The Hall–Kier alpha value is -4.26. The topological polar surface area (TPSA) is 67.4 Å². The molecule has 5 nitrogen and oxygen atoms in total. The third-order valence-electron chi connectivity index (χ3n) is 6.99. The van der Waals surface area contributed by atoms with Crippen molar-refractivity contribution in [1.29, 1.82) is 0 Å². The van der Waals surface area contributed by atoms with Crippen LogP contribution in [0.4, 0.5) is 14.5 Å². The van der Waals surface area contributed by atoms with Crippen molar-refractivity contribution in [2.24, 2.45) is 0 Å². The highest BCUT2D eigenvalue weighted by Crippen LogP contribution is 2.47. The second kappa shape index (κ2) is 10.0. The third-order valence-corrected chi connectivity index (χ3v) is 6.99. The molecule has 7 heteroatoms. The van der Waals surface area contributed by atoms with Crippen LogP contribution in [0.25, 0.3) is 0 Å². The molecule has 1 heterocycles. The van der Waals surface area contributed by atoms with E-state index in [0.717, 1.165) is 23.4 Å². The number of halogens is 2. The first-order chi connectivity index (χ1) is 17.9. The van der Waals surface area contributed by atoms with Crippen LogP contribution < -0.4 is 15.4 Å². The fourth-order valence-electron chi connectivity index (χ4n) is 5.31. The summed E-state index contributed by atoms with van der Waals surface area (Å²) in [5, 5.41) is 5.68.